The van der Waals surface area contributed by atoms with Crippen molar-refractivity contribution < 1.29 is 40.2 Å². The van der Waals surface area contributed by atoms with Crippen molar-refractivity contribution in [2.24, 2.45) is 5.73 Å². The lowest BCUT2D eigenvalue weighted by Crippen LogP contribution is -2.04. The number of ether oxygens (including phenoxy) is 2. The predicted octanol–water partition coefficient (Wildman–Crippen LogP) is 5.89. The Hall–Kier alpha value is -4.29. The zero-order chi connectivity index (χ0) is 26.7. The van der Waals surface area contributed by atoms with Gasteiger partial charge in [-0.2, -0.15) is 10.5 Å². The maximum Gasteiger partial charge on any atom is 0.179 e. The molecule has 3 aromatic rings. The van der Waals surface area contributed by atoms with Gasteiger partial charge in [-0.15, -0.1) is 0 Å². The van der Waals surface area contributed by atoms with Gasteiger partial charge >= 0.3 is 0 Å². The Bertz CT molecular complexity index is 1240. The Kier molecular flexibility index (Phi) is 13.1. The summed E-state index contributed by atoms with van der Waals surface area (Å²) in [4.78, 5) is 0. The normalized spacial score (nSPS) is 9.22. The minimum absolute atomic E-state index is 0. The number of hydrogen-bond donors (Lipinski definition) is 1. The molecule has 0 saturated heterocycles. The highest BCUT2D eigenvalue weighted by atomic mass is 19.2. The highest BCUT2D eigenvalue weighted by molar-refractivity contribution is 5.44. The summed E-state index contributed by atoms with van der Waals surface area (Å²) in [6.45, 7) is -0.0766. The number of methoxy groups -OCH3 is 2. The summed E-state index contributed by atoms with van der Waals surface area (Å²) in [5.41, 5.74) is 3.99. The molecule has 5 nitrogen and oxygen atoms in total. The van der Waals surface area contributed by atoms with Gasteiger partial charge in [-0.25, -0.2) is 30.7 Å². The molecule has 0 radical (unpaired) electrons. The third-order valence-electron chi connectivity index (χ3n) is 4.09. The zero-order valence-corrected chi connectivity index (χ0v) is 18.1. The van der Waals surface area contributed by atoms with E-state index in [1.165, 1.54) is 26.4 Å². The van der Waals surface area contributed by atoms with E-state index in [1.807, 2.05) is 0 Å². The van der Waals surface area contributed by atoms with Crippen LogP contribution < -0.4 is 15.2 Å². The van der Waals surface area contributed by atoms with Crippen LogP contribution in [0.2, 0.25) is 0 Å². The van der Waals surface area contributed by atoms with Crippen LogP contribution in [0.25, 0.3) is 0 Å². The largest absolute Gasteiger partial charge is 0.493 e. The van der Waals surface area contributed by atoms with E-state index in [1.54, 1.807) is 0 Å². The number of halogens is 7. The molecule has 12 heteroatoms. The maximum atomic E-state index is 12.9. The second-order valence-electron chi connectivity index (χ2n) is 6.12. The average Bonchev–Trinajstić information content (AvgIpc) is 2.85. The van der Waals surface area contributed by atoms with Gasteiger partial charge in [0, 0.05) is 12.1 Å². The van der Waals surface area contributed by atoms with Crippen LogP contribution in [0.5, 0.6) is 11.5 Å². The molecule has 0 atom stereocenters. The molecular weight excluding hydrogens is 495 g/mol. The predicted molar refractivity (Wildman–Crippen MR) is 116 cm³/mol. The molecule has 3 aromatic carbocycles. The van der Waals surface area contributed by atoms with Crippen molar-refractivity contribution in [3.8, 4) is 23.6 Å². The van der Waals surface area contributed by atoms with Gasteiger partial charge in [-0.1, -0.05) is 7.43 Å². The quantitative estimate of drug-likeness (QED) is 0.347. The van der Waals surface area contributed by atoms with Crippen LogP contribution in [0, 0.1) is 63.4 Å². The first kappa shape index (κ1) is 31.7. The second kappa shape index (κ2) is 14.9. The summed E-state index contributed by atoms with van der Waals surface area (Å²) in [7, 11) is 2.45. The molecule has 3 rings (SSSR count). The number of nitrogens with zero attached hydrogens (tertiary/aromatic N) is 2. The number of nitriles is 2. The highest BCUT2D eigenvalue weighted by Gasteiger charge is 2.14. The first-order valence-electron chi connectivity index (χ1n) is 9.24. The Balaban J connectivity index is 0.000000504. The smallest absolute Gasteiger partial charge is 0.179 e. The fourth-order valence-corrected chi connectivity index (χ4v) is 2.45. The van der Waals surface area contributed by atoms with Crippen LogP contribution >= 0.6 is 0 Å². The van der Waals surface area contributed by atoms with E-state index < -0.39 is 51.8 Å². The molecule has 0 aromatic heterocycles. The van der Waals surface area contributed by atoms with E-state index in [9.17, 15) is 30.7 Å². The fourth-order valence-electron chi connectivity index (χ4n) is 2.45. The second-order valence-corrected chi connectivity index (χ2v) is 6.12. The Morgan fingerprint density at radius 2 is 1.03 bits per heavy atom. The first-order valence-corrected chi connectivity index (χ1v) is 9.24. The summed E-state index contributed by atoms with van der Waals surface area (Å²) in [6.07, 6.45) is 0. The molecule has 2 N–H and O–H groups in total. The van der Waals surface area contributed by atoms with E-state index in [-0.39, 0.29) is 31.0 Å². The summed E-state index contributed by atoms with van der Waals surface area (Å²) in [6, 6.07) is 7.90. The molecule has 0 bridgehead atoms. The SMILES string of the molecule is C.COc1c(F)ccc(F)c1C#N.COc1c(F)ccc(F)c1CN.N#Cc1c(F)ccc(F)c1F. The van der Waals surface area contributed by atoms with E-state index in [4.69, 9.17) is 16.3 Å². The number of hydrogen-bond acceptors (Lipinski definition) is 5. The van der Waals surface area contributed by atoms with E-state index in [0.29, 0.717) is 12.1 Å². The zero-order valence-electron chi connectivity index (χ0n) is 18.1. The van der Waals surface area contributed by atoms with Crippen LogP contribution in [0.3, 0.4) is 0 Å². The van der Waals surface area contributed by atoms with Gasteiger partial charge in [0.1, 0.15) is 40.7 Å². The third-order valence-corrected chi connectivity index (χ3v) is 4.09. The number of benzene rings is 3. The summed E-state index contributed by atoms with van der Waals surface area (Å²) in [5, 5.41) is 16.5. The molecule has 192 valence electrons. The summed E-state index contributed by atoms with van der Waals surface area (Å²) in [5.74, 6) is -6.84. The van der Waals surface area contributed by atoms with Crippen molar-refractivity contribution >= 4 is 0 Å². The highest BCUT2D eigenvalue weighted by Crippen LogP contribution is 2.25. The van der Waals surface area contributed by atoms with Crippen molar-refractivity contribution in [3.63, 3.8) is 0 Å². The van der Waals surface area contributed by atoms with Crippen molar-refractivity contribution in [3.05, 3.63) is 93.8 Å². The molecule has 0 saturated carbocycles. The molecule has 0 heterocycles. The molecule has 0 aliphatic heterocycles. The van der Waals surface area contributed by atoms with Crippen LogP contribution in [-0.4, -0.2) is 14.2 Å². The lowest BCUT2D eigenvalue weighted by atomic mass is 10.2. The summed E-state index contributed by atoms with van der Waals surface area (Å²) < 4.78 is 97.5. The molecule has 0 fully saturated rings. The maximum absolute atomic E-state index is 12.9. The summed E-state index contributed by atoms with van der Waals surface area (Å²) >= 11 is 0. The van der Waals surface area contributed by atoms with Gasteiger partial charge in [0.25, 0.3) is 0 Å². The Morgan fingerprint density at radius 1 is 0.639 bits per heavy atom. The molecule has 0 spiro atoms. The van der Waals surface area contributed by atoms with Gasteiger partial charge in [-0.05, 0) is 36.4 Å². The molecule has 36 heavy (non-hydrogen) atoms. The van der Waals surface area contributed by atoms with Crippen molar-refractivity contribution in [2.45, 2.75) is 14.0 Å². The Morgan fingerprint density at radius 3 is 1.39 bits per heavy atom. The van der Waals surface area contributed by atoms with Crippen molar-refractivity contribution in [1.29, 1.82) is 10.5 Å². The average molecular weight is 515 g/mol. The van der Waals surface area contributed by atoms with Gasteiger partial charge < -0.3 is 15.2 Å². The van der Waals surface area contributed by atoms with Crippen molar-refractivity contribution in [2.75, 3.05) is 14.2 Å². The monoisotopic (exact) mass is 515 g/mol. The minimum Gasteiger partial charge on any atom is -0.493 e. The van der Waals surface area contributed by atoms with E-state index in [0.717, 1.165) is 24.3 Å². The molecule has 0 unspecified atom stereocenters. The third kappa shape index (κ3) is 7.61. The van der Waals surface area contributed by atoms with Gasteiger partial charge in [-0.3, -0.25) is 0 Å². The van der Waals surface area contributed by atoms with Gasteiger partial charge in [0.05, 0.1) is 14.2 Å². The number of rotatable bonds is 3. The molecule has 0 amide bonds. The molecule has 0 aliphatic rings. The van der Waals surface area contributed by atoms with Crippen LogP contribution in [0.4, 0.5) is 30.7 Å². The van der Waals surface area contributed by atoms with E-state index in [2.05, 4.69) is 9.47 Å². The lowest BCUT2D eigenvalue weighted by molar-refractivity contribution is 0.376. The van der Waals surface area contributed by atoms with Gasteiger partial charge in [0.2, 0.25) is 0 Å². The molecular formula is C24H20F7N3O2. The number of nitrogens with two attached hydrogens (primary N) is 1. The Labute approximate surface area is 202 Å². The lowest BCUT2D eigenvalue weighted by Gasteiger charge is -2.07. The first-order chi connectivity index (χ1) is 16.6. The van der Waals surface area contributed by atoms with Crippen LogP contribution in [-0.2, 0) is 6.54 Å². The molecule has 0 aliphatic carbocycles. The topological polar surface area (TPSA) is 92.1 Å². The van der Waals surface area contributed by atoms with Crippen molar-refractivity contribution in [1.82, 2.24) is 0 Å². The van der Waals surface area contributed by atoms with E-state index >= 15 is 0 Å². The minimum atomic E-state index is -1.44. The standard InChI is InChI=1S/C8H9F2NO.C8H5F2NO.C7H2F3N.CH4/c2*1-12-8-5(4-11)6(9)2-3-7(8)10;8-5-1-2-6(9)7(10)4(5)3-11;/h2-3H,4,11H2,1H3;2-3H,1H3;1-2H;1H4. The fraction of sp³-hybridized carbons (Fsp3) is 0.167. The van der Waals surface area contributed by atoms with Crippen LogP contribution in [0.15, 0.2) is 36.4 Å². The van der Waals surface area contributed by atoms with Crippen LogP contribution in [0.1, 0.15) is 24.1 Å². The van der Waals surface area contributed by atoms with Gasteiger partial charge in [0.15, 0.2) is 34.8 Å².